The van der Waals surface area contributed by atoms with Gasteiger partial charge in [-0.05, 0) is 25.3 Å². The number of nitrogens with zero attached hydrogens (tertiary/aromatic N) is 3. The van der Waals surface area contributed by atoms with E-state index in [0.717, 1.165) is 35.5 Å². The first-order valence-corrected chi connectivity index (χ1v) is 7.60. The second-order valence-corrected chi connectivity index (χ2v) is 6.09. The zero-order valence-electron chi connectivity index (χ0n) is 11.9. The van der Waals surface area contributed by atoms with Gasteiger partial charge >= 0.3 is 0 Å². The number of piperazine rings is 1. The summed E-state index contributed by atoms with van der Waals surface area (Å²) in [5.74, 6) is 2.36. The summed E-state index contributed by atoms with van der Waals surface area (Å²) in [6, 6.07) is 2.82. The van der Waals surface area contributed by atoms with Gasteiger partial charge in [0.05, 0.1) is 7.11 Å². The van der Waals surface area contributed by atoms with Crippen molar-refractivity contribution in [1.29, 1.82) is 0 Å². The molecule has 20 heavy (non-hydrogen) atoms. The topological polar surface area (TPSA) is 66.1 Å². The fourth-order valence-corrected chi connectivity index (χ4v) is 3.42. The lowest BCUT2D eigenvalue weighted by atomic mass is 10.1. The van der Waals surface area contributed by atoms with E-state index >= 15 is 0 Å². The largest absolute Gasteiger partial charge is 0.495 e. The third kappa shape index (κ3) is 2.51. The Labute approximate surface area is 122 Å². The highest BCUT2D eigenvalue weighted by molar-refractivity contribution is 7.13. The number of thiophene rings is 1. The molecule has 0 radical (unpaired) electrons. The van der Waals surface area contributed by atoms with E-state index < -0.39 is 0 Å². The average Bonchev–Trinajstić information content (AvgIpc) is 3.06. The SMILES string of the molecule is COc1ccsc1-c1nc(N2CC(C)NC(C)C2)n[nH]1. The molecule has 0 aromatic carbocycles. The van der Waals surface area contributed by atoms with Crippen LogP contribution in [0.2, 0.25) is 0 Å². The van der Waals surface area contributed by atoms with Crippen LogP contribution in [-0.4, -0.2) is 47.5 Å². The smallest absolute Gasteiger partial charge is 0.245 e. The Hall–Kier alpha value is -1.60. The van der Waals surface area contributed by atoms with Crippen molar-refractivity contribution in [2.24, 2.45) is 0 Å². The molecule has 3 heterocycles. The molecule has 2 aromatic rings. The van der Waals surface area contributed by atoms with Crippen molar-refractivity contribution in [3.05, 3.63) is 11.4 Å². The number of ether oxygens (including phenoxy) is 1. The molecule has 0 aliphatic carbocycles. The first kappa shape index (κ1) is 13.4. The summed E-state index contributed by atoms with van der Waals surface area (Å²) >= 11 is 1.60. The normalized spacial score (nSPS) is 23.1. The molecule has 1 fully saturated rings. The number of aromatic amines is 1. The van der Waals surface area contributed by atoms with Crippen LogP contribution in [0.25, 0.3) is 10.7 Å². The number of hydrogen-bond acceptors (Lipinski definition) is 6. The molecule has 1 aliphatic rings. The van der Waals surface area contributed by atoms with Crippen molar-refractivity contribution in [3.8, 4) is 16.5 Å². The zero-order valence-corrected chi connectivity index (χ0v) is 12.7. The van der Waals surface area contributed by atoms with Crippen LogP contribution in [0.15, 0.2) is 11.4 Å². The maximum absolute atomic E-state index is 5.33. The lowest BCUT2D eigenvalue weighted by molar-refractivity contribution is 0.403. The number of methoxy groups -OCH3 is 1. The highest BCUT2D eigenvalue weighted by atomic mass is 32.1. The summed E-state index contributed by atoms with van der Waals surface area (Å²) in [5, 5.41) is 12.9. The molecule has 108 valence electrons. The van der Waals surface area contributed by atoms with Gasteiger partial charge in [-0.1, -0.05) is 0 Å². The summed E-state index contributed by atoms with van der Waals surface area (Å²) in [5.41, 5.74) is 0. The summed E-state index contributed by atoms with van der Waals surface area (Å²) < 4.78 is 5.33. The van der Waals surface area contributed by atoms with Gasteiger partial charge in [0.2, 0.25) is 5.95 Å². The Bertz CT molecular complexity index is 571. The molecule has 2 atom stereocenters. The van der Waals surface area contributed by atoms with Gasteiger partial charge in [0, 0.05) is 25.2 Å². The lowest BCUT2D eigenvalue weighted by Crippen LogP contribution is -2.54. The molecule has 0 bridgehead atoms. The zero-order chi connectivity index (χ0) is 14.1. The number of nitrogens with one attached hydrogen (secondary N) is 2. The third-order valence-corrected chi connectivity index (χ3v) is 4.28. The molecule has 6 nitrogen and oxygen atoms in total. The molecular formula is C13H19N5OS. The molecule has 0 spiro atoms. The molecular weight excluding hydrogens is 274 g/mol. The lowest BCUT2D eigenvalue weighted by Gasteiger charge is -2.35. The first-order valence-electron chi connectivity index (χ1n) is 6.72. The van der Waals surface area contributed by atoms with E-state index in [0.29, 0.717) is 12.1 Å². The number of hydrogen-bond donors (Lipinski definition) is 2. The van der Waals surface area contributed by atoms with Gasteiger partial charge in [0.25, 0.3) is 0 Å². The van der Waals surface area contributed by atoms with Gasteiger partial charge in [-0.25, -0.2) is 0 Å². The Balaban J connectivity index is 1.83. The van der Waals surface area contributed by atoms with E-state index in [9.17, 15) is 0 Å². The highest BCUT2D eigenvalue weighted by Gasteiger charge is 2.24. The van der Waals surface area contributed by atoms with Crippen LogP contribution in [0.3, 0.4) is 0 Å². The van der Waals surface area contributed by atoms with E-state index in [1.54, 1.807) is 18.4 Å². The first-order chi connectivity index (χ1) is 9.67. The maximum atomic E-state index is 5.33. The summed E-state index contributed by atoms with van der Waals surface area (Å²) in [6.07, 6.45) is 0. The van der Waals surface area contributed by atoms with Crippen molar-refractivity contribution in [3.63, 3.8) is 0 Å². The molecule has 2 unspecified atom stereocenters. The minimum atomic E-state index is 0.442. The average molecular weight is 293 g/mol. The fraction of sp³-hybridized carbons (Fsp3) is 0.538. The Morgan fingerprint density at radius 3 is 2.80 bits per heavy atom. The van der Waals surface area contributed by atoms with Crippen LogP contribution in [0, 0.1) is 0 Å². The number of rotatable bonds is 3. The molecule has 2 N–H and O–H groups in total. The third-order valence-electron chi connectivity index (χ3n) is 3.38. The summed E-state index contributed by atoms with van der Waals surface area (Å²) in [7, 11) is 1.67. The van der Waals surface area contributed by atoms with E-state index in [-0.39, 0.29) is 0 Å². The van der Waals surface area contributed by atoms with Gasteiger partial charge in [-0.2, -0.15) is 4.98 Å². The van der Waals surface area contributed by atoms with Crippen LogP contribution in [-0.2, 0) is 0 Å². The molecule has 3 rings (SSSR count). The quantitative estimate of drug-likeness (QED) is 0.902. The monoisotopic (exact) mass is 293 g/mol. The van der Waals surface area contributed by atoms with Crippen LogP contribution in [0.4, 0.5) is 5.95 Å². The molecule has 7 heteroatoms. The van der Waals surface area contributed by atoms with Crippen molar-refractivity contribution < 1.29 is 4.74 Å². The predicted octanol–water partition coefficient (Wildman–Crippen LogP) is 1.73. The number of H-pyrrole nitrogens is 1. The Kier molecular flexibility index (Phi) is 3.62. The van der Waals surface area contributed by atoms with Crippen molar-refractivity contribution in [2.75, 3.05) is 25.1 Å². The van der Waals surface area contributed by atoms with Gasteiger partial charge in [0.15, 0.2) is 5.82 Å². The summed E-state index contributed by atoms with van der Waals surface area (Å²) in [6.45, 7) is 6.20. The second-order valence-electron chi connectivity index (χ2n) is 5.18. The Morgan fingerprint density at radius 1 is 1.35 bits per heavy atom. The van der Waals surface area contributed by atoms with Crippen molar-refractivity contribution >= 4 is 17.3 Å². The van der Waals surface area contributed by atoms with Gasteiger partial charge in [0.1, 0.15) is 10.6 Å². The van der Waals surface area contributed by atoms with E-state index in [1.807, 2.05) is 11.4 Å². The van der Waals surface area contributed by atoms with Crippen LogP contribution in [0.5, 0.6) is 5.75 Å². The molecule has 1 aliphatic heterocycles. The van der Waals surface area contributed by atoms with Crippen LogP contribution < -0.4 is 15.0 Å². The van der Waals surface area contributed by atoms with Gasteiger partial charge in [-0.3, -0.25) is 5.10 Å². The maximum Gasteiger partial charge on any atom is 0.245 e. The van der Waals surface area contributed by atoms with E-state index in [4.69, 9.17) is 4.74 Å². The standard InChI is InChI=1S/C13H19N5OS/c1-8-6-18(7-9(2)14-8)13-15-12(16-17-13)11-10(19-3)4-5-20-11/h4-5,8-9,14H,6-7H2,1-3H3,(H,15,16,17). The molecule has 2 aromatic heterocycles. The fourth-order valence-electron chi connectivity index (χ4n) is 2.62. The molecule has 0 saturated carbocycles. The minimum Gasteiger partial charge on any atom is -0.495 e. The molecule has 1 saturated heterocycles. The highest BCUT2D eigenvalue weighted by Crippen LogP contribution is 2.33. The van der Waals surface area contributed by atoms with Gasteiger partial charge in [-0.15, -0.1) is 16.4 Å². The Morgan fingerprint density at radius 2 is 2.10 bits per heavy atom. The van der Waals surface area contributed by atoms with Crippen molar-refractivity contribution in [1.82, 2.24) is 20.5 Å². The van der Waals surface area contributed by atoms with Crippen LogP contribution >= 0.6 is 11.3 Å². The second kappa shape index (κ2) is 5.41. The van der Waals surface area contributed by atoms with E-state index in [2.05, 4.69) is 39.2 Å². The summed E-state index contributed by atoms with van der Waals surface area (Å²) in [4.78, 5) is 7.82. The van der Waals surface area contributed by atoms with Crippen LogP contribution in [0.1, 0.15) is 13.8 Å². The van der Waals surface area contributed by atoms with Gasteiger partial charge < -0.3 is 15.0 Å². The minimum absolute atomic E-state index is 0.442. The molecule has 0 amide bonds. The number of anilines is 1. The van der Waals surface area contributed by atoms with Crippen molar-refractivity contribution in [2.45, 2.75) is 25.9 Å². The predicted molar refractivity (Wildman–Crippen MR) is 80.5 cm³/mol. The van der Waals surface area contributed by atoms with E-state index in [1.165, 1.54) is 0 Å². The number of aromatic nitrogens is 3.